The second-order valence-corrected chi connectivity index (χ2v) is 6.12. The van der Waals surface area contributed by atoms with Crippen molar-refractivity contribution in [3.05, 3.63) is 58.9 Å². The van der Waals surface area contributed by atoms with Gasteiger partial charge < -0.3 is 5.32 Å². The molecule has 1 amide bonds. The number of halogens is 2. The van der Waals surface area contributed by atoms with Gasteiger partial charge in [0.2, 0.25) is 10.0 Å². The topological polar surface area (TPSA) is 89.3 Å². The lowest BCUT2D eigenvalue weighted by Gasteiger charge is -2.07. The Morgan fingerprint density at radius 2 is 1.76 bits per heavy atom. The Hall–Kier alpha value is -1.96. The molecule has 3 N–H and O–H groups in total. The molecule has 2 rings (SSSR count). The summed E-state index contributed by atoms with van der Waals surface area (Å²) in [5.74, 6) is -1.51. The Kier molecular flexibility index (Phi) is 4.26. The first-order valence-electron chi connectivity index (χ1n) is 5.66. The quantitative estimate of drug-likeness (QED) is 0.906. The highest BCUT2D eigenvalue weighted by atomic mass is 35.5. The van der Waals surface area contributed by atoms with Crippen molar-refractivity contribution >= 4 is 33.2 Å². The number of nitrogens with one attached hydrogen (secondary N) is 1. The van der Waals surface area contributed by atoms with Crippen LogP contribution >= 0.6 is 11.6 Å². The molecular formula is C13H10ClFN2O3S. The molecule has 110 valence electrons. The third kappa shape index (κ3) is 3.78. The standard InChI is InChI=1S/C13H10ClFN2O3S/c14-9-3-1-8(2-4-9)13(18)17-10-5-6-12(11(15)7-10)21(16,19)20/h1-7H,(H,17,18)(H2,16,19,20). The fourth-order valence-corrected chi connectivity index (χ4v) is 2.33. The van der Waals surface area contributed by atoms with E-state index in [1.54, 1.807) is 12.1 Å². The average Bonchev–Trinajstić information content (AvgIpc) is 2.37. The maximum Gasteiger partial charge on any atom is 0.255 e. The lowest BCUT2D eigenvalue weighted by Crippen LogP contribution is -2.15. The van der Waals surface area contributed by atoms with Crippen LogP contribution in [0.1, 0.15) is 10.4 Å². The minimum Gasteiger partial charge on any atom is -0.322 e. The Bertz CT molecular complexity index is 792. The number of primary sulfonamides is 1. The van der Waals surface area contributed by atoms with E-state index in [2.05, 4.69) is 5.32 Å². The molecule has 0 aromatic heterocycles. The van der Waals surface area contributed by atoms with Crippen LogP contribution in [-0.4, -0.2) is 14.3 Å². The average molecular weight is 329 g/mol. The molecule has 0 bridgehead atoms. The molecule has 0 aliphatic heterocycles. The molecule has 2 aromatic rings. The van der Waals surface area contributed by atoms with Crippen LogP contribution < -0.4 is 10.5 Å². The molecule has 8 heteroatoms. The Labute approximate surface area is 125 Å². The van der Waals surface area contributed by atoms with Crippen LogP contribution in [0.15, 0.2) is 47.4 Å². The van der Waals surface area contributed by atoms with Gasteiger partial charge in [-0.3, -0.25) is 4.79 Å². The van der Waals surface area contributed by atoms with Crippen molar-refractivity contribution in [2.24, 2.45) is 5.14 Å². The summed E-state index contributed by atoms with van der Waals surface area (Å²) in [4.78, 5) is 11.3. The van der Waals surface area contributed by atoms with Crippen LogP contribution in [0.25, 0.3) is 0 Å². The molecular weight excluding hydrogens is 319 g/mol. The molecule has 21 heavy (non-hydrogen) atoms. The molecule has 0 aliphatic carbocycles. The molecule has 0 saturated heterocycles. The predicted molar refractivity (Wildman–Crippen MR) is 77.2 cm³/mol. The van der Waals surface area contributed by atoms with E-state index < -0.39 is 26.6 Å². The van der Waals surface area contributed by atoms with Gasteiger partial charge in [-0.25, -0.2) is 17.9 Å². The molecule has 0 spiro atoms. The molecule has 0 atom stereocenters. The third-order valence-electron chi connectivity index (χ3n) is 2.60. The van der Waals surface area contributed by atoms with Gasteiger partial charge in [0.05, 0.1) is 0 Å². The second kappa shape index (κ2) is 5.80. The fraction of sp³-hybridized carbons (Fsp3) is 0. The zero-order valence-corrected chi connectivity index (χ0v) is 12.1. The third-order valence-corrected chi connectivity index (χ3v) is 3.80. The number of carbonyl (C=O) groups excluding carboxylic acids is 1. The highest BCUT2D eigenvalue weighted by Gasteiger charge is 2.15. The SMILES string of the molecule is NS(=O)(=O)c1ccc(NC(=O)c2ccc(Cl)cc2)cc1F. The van der Waals surface area contributed by atoms with Crippen molar-refractivity contribution < 1.29 is 17.6 Å². The summed E-state index contributed by atoms with van der Waals surface area (Å²) in [7, 11) is -4.14. The number of carbonyl (C=O) groups is 1. The minimum atomic E-state index is -4.14. The van der Waals surface area contributed by atoms with Gasteiger partial charge in [0, 0.05) is 16.3 Å². The number of hydrogen-bond acceptors (Lipinski definition) is 3. The van der Waals surface area contributed by atoms with Gasteiger partial charge in [-0.15, -0.1) is 0 Å². The maximum absolute atomic E-state index is 13.6. The van der Waals surface area contributed by atoms with Crippen molar-refractivity contribution in [2.75, 3.05) is 5.32 Å². The van der Waals surface area contributed by atoms with Gasteiger partial charge >= 0.3 is 0 Å². The number of hydrogen-bond donors (Lipinski definition) is 2. The van der Waals surface area contributed by atoms with Gasteiger partial charge in [-0.2, -0.15) is 0 Å². The minimum absolute atomic E-state index is 0.111. The number of sulfonamides is 1. The van der Waals surface area contributed by atoms with E-state index in [1.807, 2.05) is 0 Å². The summed E-state index contributed by atoms with van der Waals surface area (Å²) in [6.45, 7) is 0. The largest absolute Gasteiger partial charge is 0.322 e. The summed E-state index contributed by atoms with van der Waals surface area (Å²) in [5, 5.41) is 7.77. The Balaban J connectivity index is 2.22. The molecule has 0 heterocycles. The second-order valence-electron chi connectivity index (χ2n) is 4.15. The molecule has 0 unspecified atom stereocenters. The van der Waals surface area contributed by atoms with Crippen LogP contribution in [0.4, 0.5) is 10.1 Å². The monoisotopic (exact) mass is 328 g/mol. The van der Waals surface area contributed by atoms with Crippen LogP contribution in [0.2, 0.25) is 5.02 Å². The molecule has 0 radical (unpaired) electrons. The Morgan fingerprint density at radius 3 is 2.29 bits per heavy atom. The van der Waals surface area contributed by atoms with Crippen LogP contribution in [0.3, 0.4) is 0 Å². The van der Waals surface area contributed by atoms with E-state index >= 15 is 0 Å². The predicted octanol–water partition coefficient (Wildman–Crippen LogP) is 2.38. The number of benzene rings is 2. The summed E-state index contributed by atoms with van der Waals surface area (Å²) in [5.41, 5.74) is 0.440. The fourth-order valence-electron chi connectivity index (χ4n) is 1.61. The van der Waals surface area contributed by atoms with E-state index in [0.29, 0.717) is 10.6 Å². The first kappa shape index (κ1) is 15.4. The lowest BCUT2D eigenvalue weighted by atomic mass is 10.2. The van der Waals surface area contributed by atoms with Gasteiger partial charge in [0.25, 0.3) is 5.91 Å². The zero-order valence-electron chi connectivity index (χ0n) is 10.5. The van der Waals surface area contributed by atoms with Crippen molar-refractivity contribution in [2.45, 2.75) is 4.90 Å². The maximum atomic E-state index is 13.6. The van der Waals surface area contributed by atoms with E-state index in [-0.39, 0.29) is 5.69 Å². The number of anilines is 1. The summed E-state index contributed by atoms with van der Waals surface area (Å²) >= 11 is 5.71. The number of rotatable bonds is 3. The number of nitrogens with two attached hydrogens (primary N) is 1. The van der Waals surface area contributed by atoms with Gasteiger partial charge in [0.1, 0.15) is 10.7 Å². The van der Waals surface area contributed by atoms with Crippen LogP contribution in [0.5, 0.6) is 0 Å². The highest BCUT2D eigenvalue weighted by Crippen LogP contribution is 2.19. The van der Waals surface area contributed by atoms with E-state index in [4.69, 9.17) is 16.7 Å². The normalized spacial score (nSPS) is 11.2. The van der Waals surface area contributed by atoms with Crippen molar-refractivity contribution in [3.8, 4) is 0 Å². The number of amides is 1. The first-order chi connectivity index (χ1) is 9.77. The Morgan fingerprint density at radius 1 is 1.14 bits per heavy atom. The van der Waals surface area contributed by atoms with Crippen LogP contribution in [-0.2, 0) is 10.0 Å². The summed E-state index contributed by atoms with van der Waals surface area (Å²) in [6, 6.07) is 9.22. The van der Waals surface area contributed by atoms with Gasteiger partial charge in [-0.05, 0) is 42.5 Å². The molecule has 0 fully saturated rings. The lowest BCUT2D eigenvalue weighted by molar-refractivity contribution is 0.102. The molecule has 2 aromatic carbocycles. The molecule has 0 saturated carbocycles. The van der Waals surface area contributed by atoms with Crippen molar-refractivity contribution in [1.29, 1.82) is 0 Å². The highest BCUT2D eigenvalue weighted by molar-refractivity contribution is 7.89. The van der Waals surface area contributed by atoms with Gasteiger partial charge in [-0.1, -0.05) is 11.6 Å². The molecule has 5 nitrogen and oxygen atoms in total. The smallest absolute Gasteiger partial charge is 0.255 e. The first-order valence-corrected chi connectivity index (χ1v) is 7.59. The van der Waals surface area contributed by atoms with Crippen LogP contribution in [0, 0.1) is 5.82 Å². The van der Waals surface area contributed by atoms with Crippen molar-refractivity contribution in [1.82, 2.24) is 0 Å². The van der Waals surface area contributed by atoms with E-state index in [9.17, 15) is 17.6 Å². The van der Waals surface area contributed by atoms with E-state index in [1.165, 1.54) is 18.2 Å². The molecule has 0 aliphatic rings. The summed E-state index contributed by atoms with van der Waals surface area (Å²) in [6.07, 6.45) is 0. The zero-order chi connectivity index (χ0) is 15.6. The van der Waals surface area contributed by atoms with Crippen molar-refractivity contribution in [3.63, 3.8) is 0 Å². The van der Waals surface area contributed by atoms with Gasteiger partial charge in [0.15, 0.2) is 0 Å². The summed E-state index contributed by atoms with van der Waals surface area (Å²) < 4.78 is 35.8. The van der Waals surface area contributed by atoms with E-state index in [0.717, 1.165) is 12.1 Å².